The number of nitrogens with zero attached hydrogens (tertiary/aromatic N) is 4. The van der Waals surface area contributed by atoms with Gasteiger partial charge in [-0.2, -0.15) is 14.1 Å². The molecule has 0 saturated heterocycles. The lowest BCUT2D eigenvalue weighted by atomic mass is 10.2. The van der Waals surface area contributed by atoms with Gasteiger partial charge in [-0.15, -0.1) is 0 Å². The second kappa shape index (κ2) is 8.34. The van der Waals surface area contributed by atoms with Crippen LogP contribution in [0.5, 0.6) is 0 Å². The number of carbonyl (C=O) groups excluding carboxylic acids is 1. The summed E-state index contributed by atoms with van der Waals surface area (Å²) in [5.41, 5.74) is 0.477. The third-order valence-corrected chi connectivity index (χ3v) is 8.69. The molecular weight excluding hydrogens is 416 g/mol. The van der Waals surface area contributed by atoms with Crippen LogP contribution in [0, 0.1) is 13.8 Å². The Morgan fingerprint density at radius 2 is 1.62 bits per heavy atom. The van der Waals surface area contributed by atoms with E-state index >= 15 is 0 Å². The van der Waals surface area contributed by atoms with Gasteiger partial charge in [0.1, 0.15) is 4.90 Å². The molecule has 2 aromatic rings. The molecule has 0 aliphatic heterocycles. The highest BCUT2D eigenvalue weighted by atomic mass is 32.2. The SMILES string of the molecule is CCN(CC)S(=O)(=O)c1c(C)nn(C(=O)c2cccc(S(=O)(=O)N(C)C)c2)c1C. The number of hydrogen-bond donors (Lipinski definition) is 0. The quantitative estimate of drug-likeness (QED) is 0.642. The zero-order valence-corrected chi connectivity index (χ0v) is 19.0. The van der Waals surface area contributed by atoms with E-state index in [-0.39, 0.29) is 26.7 Å². The predicted molar refractivity (Wildman–Crippen MR) is 109 cm³/mol. The summed E-state index contributed by atoms with van der Waals surface area (Å²) >= 11 is 0. The van der Waals surface area contributed by atoms with Crippen molar-refractivity contribution >= 4 is 26.0 Å². The van der Waals surface area contributed by atoms with E-state index in [1.165, 1.54) is 56.5 Å². The van der Waals surface area contributed by atoms with E-state index in [4.69, 9.17) is 0 Å². The summed E-state index contributed by atoms with van der Waals surface area (Å²) in [4.78, 5) is 13.0. The van der Waals surface area contributed by atoms with Gasteiger partial charge in [-0.25, -0.2) is 21.1 Å². The zero-order chi connectivity index (χ0) is 22.1. The average molecular weight is 443 g/mol. The van der Waals surface area contributed by atoms with Crippen LogP contribution in [0.1, 0.15) is 35.6 Å². The number of aromatic nitrogens is 2. The van der Waals surface area contributed by atoms with Crippen LogP contribution >= 0.6 is 0 Å². The molecule has 0 unspecified atom stereocenters. The van der Waals surface area contributed by atoms with Gasteiger partial charge in [-0.1, -0.05) is 19.9 Å². The lowest BCUT2D eigenvalue weighted by Gasteiger charge is -2.18. The van der Waals surface area contributed by atoms with E-state index < -0.39 is 26.0 Å². The van der Waals surface area contributed by atoms with Crippen molar-refractivity contribution in [3.63, 3.8) is 0 Å². The molecule has 0 spiro atoms. The Morgan fingerprint density at radius 3 is 2.14 bits per heavy atom. The van der Waals surface area contributed by atoms with Crippen LogP contribution in [-0.4, -0.2) is 68.3 Å². The summed E-state index contributed by atoms with van der Waals surface area (Å²) in [6.45, 7) is 7.09. The summed E-state index contributed by atoms with van der Waals surface area (Å²) in [5.74, 6) is -0.609. The predicted octanol–water partition coefficient (Wildman–Crippen LogP) is 1.47. The first-order valence-corrected chi connectivity index (χ1v) is 11.9. The molecule has 1 heterocycles. The van der Waals surface area contributed by atoms with Gasteiger partial charge < -0.3 is 0 Å². The monoisotopic (exact) mass is 442 g/mol. The van der Waals surface area contributed by atoms with Crippen LogP contribution < -0.4 is 0 Å². The molecule has 11 heteroatoms. The van der Waals surface area contributed by atoms with Gasteiger partial charge in [-0.3, -0.25) is 4.79 Å². The van der Waals surface area contributed by atoms with Crippen molar-refractivity contribution in [2.45, 2.75) is 37.5 Å². The maximum absolute atomic E-state index is 13.0. The number of carbonyl (C=O) groups is 1. The normalized spacial score (nSPS) is 12.7. The Hall–Kier alpha value is -2.08. The fourth-order valence-corrected chi connectivity index (χ4v) is 5.77. The van der Waals surface area contributed by atoms with Crippen LogP contribution in [0.15, 0.2) is 34.1 Å². The Balaban J connectivity index is 2.58. The van der Waals surface area contributed by atoms with Crippen molar-refractivity contribution in [1.29, 1.82) is 0 Å². The molecule has 0 N–H and O–H groups in total. The standard InChI is InChI=1S/C18H26N4O5S2/c1-7-21(8-2)29(26,27)17-13(3)19-22(14(17)4)18(23)15-10-9-11-16(12-15)28(24,25)20(5)6/h9-12H,7-8H2,1-6H3. The maximum Gasteiger partial charge on any atom is 0.278 e. The van der Waals surface area contributed by atoms with E-state index in [0.717, 1.165) is 8.99 Å². The van der Waals surface area contributed by atoms with Crippen molar-refractivity contribution in [1.82, 2.24) is 18.4 Å². The van der Waals surface area contributed by atoms with Crippen molar-refractivity contribution in [3.8, 4) is 0 Å². The summed E-state index contributed by atoms with van der Waals surface area (Å²) in [5, 5.41) is 4.13. The highest BCUT2D eigenvalue weighted by Gasteiger charge is 2.31. The van der Waals surface area contributed by atoms with Gasteiger partial charge in [0, 0.05) is 32.7 Å². The summed E-state index contributed by atoms with van der Waals surface area (Å²) in [7, 11) is -4.73. The van der Waals surface area contributed by atoms with E-state index in [2.05, 4.69) is 5.10 Å². The topological polar surface area (TPSA) is 110 Å². The maximum atomic E-state index is 13.0. The minimum absolute atomic E-state index is 0.00776. The smallest absolute Gasteiger partial charge is 0.267 e. The summed E-state index contributed by atoms with van der Waals surface area (Å²) < 4.78 is 53.9. The summed E-state index contributed by atoms with van der Waals surface area (Å²) in [6, 6.07) is 5.57. The van der Waals surface area contributed by atoms with Gasteiger partial charge >= 0.3 is 0 Å². The van der Waals surface area contributed by atoms with Crippen LogP contribution in [0.2, 0.25) is 0 Å². The van der Waals surface area contributed by atoms with Crippen LogP contribution in [0.25, 0.3) is 0 Å². The molecule has 2 rings (SSSR count). The molecule has 0 aliphatic rings. The molecule has 160 valence electrons. The molecule has 0 fully saturated rings. The Labute approximate surface area is 172 Å². The first kappa shape index (κ1) is 23.2. The molecule has 0 amide bonds. The molecule has 9 nitrogen and oxygen atoms in total. The number of sulfonamides is 2. The molecule has 0 atom stereocenters. The molecule has 1 aromatic carbocycles. The first-order chi connectivity index (χ1) is 13.4. The van der Waals surface area contributed by atoms with Crippen molar-refractivity contribution in [2.75, 3.05) is 27.2 Å². The number of hydrogen-bond acceptors (Lipinski definition) is 6. The molecule has 0 radical (unpaired) electrons. The van der Waals surface area contributed by atoms with Crippen molar-refractivity contribution < 1.29 is 21.6 Å². The number of rotatable bonds is 7. The minimum Gasteiger partial charge on any atom is -0.267 e. The molecule has 0 saturated carbocycles. The molecule has 0 bridgehead atoms. The van der Waals surface area contributed by atoms with E-state index in [1.807, 2.05) is 0 Å². The molecule has 1 aromatic heterocycles. The average Bonchev–Trinajstić information content (AvgIpc) is 2.96. The third kappa shape index (κ3) is 4.13. The van der Waals surface area contributed by atoms with E-state index in [9.17, 15) is 21.6 Å². The third-order valence-electron chi connectivity index (χ3n) is 4.58. The fraction of sp³-hybridized carbons (Fsp3) is 0.444. The number of benzene rings is 1. The molecule has 0 aliphatic carbocycles. The second-order valence-electron chi connectivity index (χ2n) is 6.62. The second-order valence-corrected chi connectivity index (χ2v) is 10.6. The summed E-state index contributed by atoms with van der Waals surface area (Å²) in [6.07, 6.45) is 0. The van der Waals surface area contributed by atoms with Gasteiger partial charge in [0.25, 0.3) is 5.91 Å². The van der Waals surface area contributed by atoms with Gasteiger partial charge in [0.2, 0.25) is 20.0 Å². The van der Waals surface area contributed by atoms with Crippen LogP contribution in [0.4, 0.5) is 0 Å². The Bertz CT molecular complexity index is 1130. The fourth-order valence-electron chi connectivity index (χ4n) is 3.01. The molecular formula is C18H26N4O5S2. The molecule has 29 heavy (non-hydrogen) atoms. The Kier molecular flexibility index (Phi) is 6.68. The highest BCUT2D eigenvalue weighted by Crippen LogP contribution is 2.24. The lowest BCUT2D eigenvalue weighted by molar-refractivity contribution is 0.0942. The van der Waals surface area contributed by atoms with E-state index in [0.29, 0.717) is 13.1 Å². The van der Waals surface area contributed by atoms with Crippen molar-refractivity contribution in [3.05, 3.63) is 41.2 Å². The highest BCUT2D eigenvalue weighted by molar-refractivity contribution is 7.89. The Morgan fingerprint density at radius 1 is 1.03 bits per heavy atom. The largest absolute Gasteiger partial charge is 0.278 e. The minimum atomic E-state index is -3.80. The first-order valence-electron chi connectivity index (χ1n) is 9.03. The van der Waals surface area contributed by atoms with Crippen LogP contribution in [0.3, 0.4) is 0 Å². The van der Waals surface area contributed by atoms with Crippen LogP contribution in [-0.2, 0) is 20.0 Å². The van der Waals surface area contributed by atoms with Gasteiger partial charge in [0.15, 0.2) is 0 Å². The van der Waals surface area contributed by atoms with Gasteiger partial charge in [-0.05, 0) is 32.0 Å². The zero-order valence-electron chi connectivity index (χ0n) is 17.4. The van der Waals surface area contributed by atoms with E-state index in [1.54, 1.807) is 13.8 Å². The number of aryl methyl sites for hydroxylation is 1. The van der Waals surface area contributed by atoms with Crippen molar-refractivity contribution in [2.24, 2.45) is 0 Å². The lowest BCUT2D eigenvalue weighted by Crippen LogP contribution is -2.31. The van der Waals surface area contributed by atoms with Gasteiger partial charge in [0.05, 0.1) is 16.3 Å².